The molecule has 3 heterocycles. The van der Waals surface area contributed by atoms with Gasteiger partial charge in [0, 0.05) is 11.6 Å². The Hall–Kier alpha value is -2.71. The lowest BCUT2D eigenvalue weighted by Gasteiger charge is -2.30. The van der Waals surface area contributed by atoms with Crippen LogP contribution in [-0.2, 0) is 11.3 Å². The van der Waals surface area contributed by atoms with Crippen molar-refractivity contribution in [3.05, 3.63) is 47.7 Å². The van der Waals surface area contributed by atoms with E-state index < -0.39 is 0 Å². The van der Waals surface area contributed by atoms with Crippen LogP contribution in [0, 0.1) is 5.92 Å². The van der Waals surface area contributed by atoms with Gasteiger partial charge in [0.2, 0.25) is 17.6 Å². The Morgan fingerprint density at radius 3 is 2.76 bits per heavy atom. The van der Waals surface area contributed by atoms with Gasteiger partial charge in [-0.05, 0) is 68.6 Å². The summed E-state index contributed by atoms with van der Waals surface area (Å²) in [5, 5.41) is 9.06. The molecule has 0 atom stereocenters. The minimum Gasteiger partial charge on any atom is -0.494 e. The van der Waals surface area contributed by atoms with Crippen molar-refractivity contribution in [1.29, 1.82) is 0 Å². The molecule has 1 aliphatic heterocycles. The number of piperidine rings is 1. The number of likely N-dealkylation sites (tertiary alicyclic amines) is 1. The molecule has 1 saturated heterocycles. The van der Waals surface area contributed by atoms with Gasteiger partial charge in [-0.2, -0.15) is 4.98 Å². The van der Waals surface area contributed by atoms with Crippen LogP contribution in [0.15, 0.2) is 46.3 Å². The SMILES string of the molecule is CCOc1ccc(NC(=O)C2CCN(Cc3nc(-c4cccs4)no3)CC2)cc1. The van der Waals surface area contributed by atoms with E-state index >= 15 is 0 Å². The largest absolute Gasteiger partial charge is 0.494 e. The van der Waals surface area contributed by atoms with Gasteiger partial charge in [-0.25, -0.2) is 0 Å². The van der Waals surface area contributed by atoms with E-state index in [0.29, 0.717) is 24.9 Å². The minimum atomic E-state index is 0.0159. The Balaban J connectivity index is 1.25. The van der Waals surface area contributed by atoms with E-state index in [0.717, 1.165) is 42.2 Å². The maximum atomic E-state index is 12.6. The van der Waals surface area contributed by atoms with Crippen LogP contribution in [0.4, 0.5) is 5.69 Å². The molecule has 0 spiro atoms. The van der Waals surface area contributed by atoms with E-state index in [1.165, 1.54) is 0 Å². The first kappa shape index (κ1) is 19.6. The Labute approximate surface area is 173 Å². The van der Waals surface area contributed by atoms with Crippen molar-refractivity contribution >= 4 is 22.9 Å². The number of hydrogen-bond donors (Lipinski definition) is 1. The van der Waals surface area contributed by atoms with Gasteiger partial charge >= 0.3 is 0 Å². The maximum absolute atomic E-state index is 12.6. The first-order valence-corrected chi connectivity index (χ1v) is 10.7. The number of aromatic nitrogens is 2. The zero-order chi connectivity index (χ0) is 20.1. The normalized spacial score (nSPS) is 15.3. The summed E-state index contributed by atoms with van der Waals surface area (Å²) < 4.78 is 10.8. The number of benzene rings is 1. The van der Waals surface area contributed by atoms with Crippen LogP contribution in [0.2, 0.25) is 0 Å². The maximum Gasteiger partial charge on any atom is 0.241 e. The topological polar surface area (TPSA) is 80.5 Å². The number of ether oxygens (including phenoxy) is 1. The van der Waals surface area contributed by atoms with Gasteiger partial charge in [-0.1, -0.05) is 11.2 Å². The number of nitrogens with one attached hydrogen (secondary N) is 1. The van der Waals surface area contributed by atoms with Gasteiger partial charge in [0.15, 0.2) is 0 Å². The van der Waals surface area contributed by atoms with Crippen LogP contribution in [-0.4, -0.2) is 40.6 Å². The van der Waals surface area contributed by atoms with Crippen LogP contribution in [0.1, 0.15) is 25.7 Å². The second kappa shape index (κ2) is 9.19. The Morgan fingerprint density at radius 2 is 2.07 bits per heavy atom. The molecular weight excluding hydrogens is 388 g/mol. The quantitative estimate of drug-likeness (QED) is 0.631. The predicted octanol–water partition coefficient (Wildman–Crippen LogP) is 4.05. The summed E-state index contributed by atoms with van der Waals surface area (Å²) in [6.45, 7) is 4.86. The summed E-state index contributed by atoms with van der Waals surface area (Å²) in [5.41, 5.74) is 0.799. The highest BCUT2D eigenvalue weighted by atomic mass is 32.1. The lowest BCUT2D eigenvalue weighted by molar-refractivity contribution is -0.121. The van der Waals surface area contributed by atoms with Crippen LogP contribution in [0.25, 0.3) is 10.7 Å². The fraction of sp³-hybridized carbons (Fsp3) is 0.381. The van der Waals surface area contributed by atoms with E-state index in [1.807, 2.05) is 48.7 Å². The first-order chi connectivity index (χ1) is 14.2. The lowest BCUT2D eigenvalue weighted by Crippen LogP contribution is -2.37. The second-order valence-electron chi connectivity index (χ2n) is 6.99. The summed E-state index contributed by atoms with van der Waals surface area (Å²) in [6.07, 6.45) is 1.63. The number of carbonyl (C=O) groups is 1. The molecule has 1 fully saturated rings. The molecule has 7 nitrogen and oxygen atoms in total. The van der Waals surface area contributed by atoms with Gasteiger partial charge in [-0.3, -0.25) is 9.69 Å². The van der Waals surface area contributed by atoms with Gasteiger partial charge in [-0.15, -0.1) is 11.3 Å². The smallest absolute Gasteiger partial charge is 0.241 e. The third kappa shape index (κ3) is 5.02. The molecule has 1 aliphatic rings. The summed E-state index contributed by atoms with van der Waals surface area (Å²) >= 11 is 1.59. The Morgan fingerprint density at radius 1 is 1.28 bits per heavy atom. The standard InChI is InChI=1S/C21H24N4O3S/c1-2-27-17-7-5-16(6-8-17)22-21(26)15-9-11-25(12-10-15)14-19-23-20(24-28-19)18-4-3-13-29-18/h3-8,13,15H,2,9-12,14H2,1H3,(H,22,26). The molecule has 1 aromatic carbocycles. The molecule has 0 bridgehead atoms. The average Bonchev–Trinajstić information content (AvgIpc) is 3.42. The van der Waals surface area contributed by atoms with Crippen LogP contribution in [0.3, 0.4) is 0 Å². The van der Waals surface area contributed by atoms with Crippen molar-refractivity contribution in [1.82, 2.24) is 15.0 Å². The van der Waals surface area contributed by atoms with Crippen molar-refractivity contribution < 1.29 is 14.1 Å². The number of amides is 1. The van der Waals surface area contributed by atoms with E-state index in [4.69, 9.17) is 9.26 Å². The summed E-state index contributed by atoms with van der Waals surface area (Å²) in [7, 11) is 0. The molecule has 29 heavy (non-hydrogen) atoms. The summed E-state index contributed by atoms with van der Waals surface area (Å²) in [6, 6.07) is 11.4. The molecule has 152 valence electrons. The van der Waals surface area contributed by atoms with Crippen molar-refractivity contribution in [2.75, 3.05) is 25.0 Å². The van der Waals surface area contributed by atoms with Crippen LogP contribution >= 0.6 is 11.3 Å². The van der Waals surface area contributed by atoms with Crippen molar-refractivity contribution in [2.45, 2.75) is 26.3 Å². The minimum absolute atomic E-state index is 0.0159. The molecule has 0 saturated carbocycles. The number of anilines is 1. The number of rotatable bonds is 7. The summed E-state index contributed by atoms with van der Waals surface area (Å²) in [5.74, 6) is 2.15. The zero-order valence-electron chi connectivity index (χ0n) is 16.3. The zero-order valence-corrected chi connectivity index (χ0v) is 17.2. The number of hydrogen-bond acceptors (Lipinski definition) is 7. The second-order valence-corrected chi connectivity index (χ2v) is 7.93. The van der Waals surface area contributed by atoms with E-state index in [9.17, 15) is 4.79 Å². The van der Waals surface area contributed by atoms with Gasteiger partial charge in [0.25, 0.3) is 0 Å². The van der Waals surface area contributed by atoms with Crippen LogP contribution < -0.4 is 10.1 Å². The molecular formula is C21H24N4O3S. The monoisotopic (exact) mass is 412 g/mol. The van der Waals surface area contributed by atoms with Gasteiger partial charge in [0.05, 0.1) is 18.0 Å². The predicted molar refractivity (Wildman–Crippen MR) is 112 cm³/mol. The van der Waals surface area contributed by atoms with Crippen LogP contribution in [0.5, 0.6) is 5.75 Å². The first-order valence-electron chi connectivity index (χ1n) is 9.84. The van der Waals surface area contributed by atoms with Crippen molar-refractivity contribution in [3.8, 4) is 16.5 Å². The van der Waals surface area contributed by atoms with E-state index in [1.54, 1.807) is 11.3 Å². The molecule has 1 amide bonds. The molecule has 3 aromatic rings. The molecule has 1 N–H and O–H groups in total. The fourth-order valence-corrected chi connectivity index (χ4v) is 4.06. The van der Waals surface area contributed by atoms with E-state index in [2.05, 4.69) is 20.4 Å². The Kier molecular flexibility index (Phi) is 6.21. The highest BCUT2D eigenvalue weighted by molar-refractivity contribution is 7.13. The van der Waals surface area contributed by atoms with Gasteiger partial charge < -0.3 is 14.6 Å². The Bertz CT molecular complexity index is 916. The van der Waals surface area contributed by atoms with Crippen molar-refractivity contribution in [2.24, 2.45) is 5.92 Å². The highest BCUT2D eigenvalue weighted by Crippen LogP contribution is 2.24. The number of nitrogens with zero attached hydrogens (tertiary/aromatic N) is 3. The molecule has 4 rings (SSSR count). The third-order valence-corrected chi connectivity index (χ3v) is 5.83. The number of carbonyl (C=O) groups excluding carboxylic acids is 1. The van der Waals surface area contributed by atoms with Crippen molar-refractivity contribution in [3.63, 3.8) is 0 Å². The summed E-state index contributed by atoms with van der Waals surface area (Å²) in [4.78, 5) is 20.3. The number of thiophene rings is 1. The molecule has 0 unspecified atom stereocenters. The van der Waals surface area contributed by atoms with E-state index in [-0.39, 0.29) is 11.8 Å². The third-order valence-electron chi connectivity index (χ3n) is 4.96. The highest BCUT2D eigenvalue weighted by Gasteiger charge is 2.26. The molecule has 0 aliphatic carbocycles. The van der Waals surface area contributed by atoms with Gasteiger partial charge in [0.1, 0.15) is 5.75 Å². The molecule has 2 aromatic heterocycles. The lowest BCUT2D eigenvalue weighted by atomic mass is 9.96. The molecule has 8 heteroatoms. The molecule has 0 radical (unpaired) electrons. The average molecular weight is 413 g/mol. The fourth-order valence-electron chi connectivity index (χ4n) is 3.41.